The van der Waals surface area contributed by atoms with Gasteiger partial charge in [0.25, 0.3) is 11.8 Å². The Morgan fingerprint density at radius 2 is 1.84 bits per heavy atom. The first-order chi connectivity index (χ1) is 15.6. The van der Waals surface area contributed by atoms with Crippen molar-refractivity contribution >= 4 is 23.4 Å². The molecule has 0 unspecified atom stereocenters. The molecule has 1 fully saturated rings. The molecule has 3 amide bonds. The van der Waals surface area contributed by atoms with Crippen molar-refractivity contribution in [2.24, 2.45) is 0 Å². The molecule has 0 bridgehead atoms. The van der Waals surface area contributed by atoms with Gasteiger partial charge in [0.05, 0.1) is 5.69 Å². The van der Waals surface area contributed by atoms with Crippen LogP contribution in [-0.4, -0.2) is 50.1 Å². The second kappa shape index (κ2) is 10.2. The molecule has 8 nitrogen and oxygen atoms in total. The van der Waals surface area contributed by atoms with Gasteiger partial charge >= 0.3 is 0 Å². The van der Waals surface area contributed by atoms with Gasteiger partial charge in [0.2, 0.25) is 5.91 Å². The van der Waals surface area contributed by atoms with Crippen molar-refractivity contribution in [1.82, 2.24) is 10.6 Å². The van der Waals surface area contributed by atoms with Gasteiger partial charge in [-0.05, 0) is 49.1 Å². The van der Waals surface area contributed by atoms with Crippen molar-refractivity contribution in [3.63, 3.8) is 0 Å². The Bertz CT molecular complexity index is 972. The topological polar surface area (TPSA) is 97.0 Å². The standard InChI is InChI=1S/C24H27N3O5/c28-22(12-14-27-20-3-1-2-4-21(20)32-16-24(27)30)25-13-11-17-5-9-19(10-6-17)31-15-23(29)26-18-7-8-18/h1-6,9-10,18H,7-8,11-16H2,(H,25,28)(H,26,29). The molecule has 2 aliphatic rings. The minimum atomic E-state index is -0.149. The minimum Gasteiger partial charge on any atom is -0.484 e. The number of benzene rings is 2. The van der Waals surface area contributed by atoms with Gasteiger partial charge in [0, 0.05) is 25.6 Å². The maximum absolute atomic E-state index is 12.2. The average molecular weight is 437 g/mol. The number of hydrogen-bond donors (Lipinski definition) is 2. The molecule has 168 valence electrons. The molecule has 0 spiro atoms. The van der Waals surface area contributed by atoms with Crippen LogP contribution in [0.25, 0.3) is 0 Å². The minimum absolute atomic E-state index is 0.0104. The summed E-state index contributed by atoms with van der Waals surface area (Å²) in [6.45, 7) is 0.813. The Kier molecular flexibility index (Phi) is 6.89. The molecule has 2 aromatic rings. The Morgan fingerprint density at radius 3 is 2.62 bits per heavy atom. The quantitative estimate of drug-likeness (QED) is 0.591. The Morgan fingerprint density at radius 1 is 1.06 bits per heavy atom. The number of hydrogen-bond acceptors (Lipinski definition) is 5. The van der Waals surface area contributed by atoms with Crippen LogP contribution in [0, 0.1) is 0 Å². The number of fused-ring (bicyclic) bond motifs is 1. The van der Waals surface area contributed by atoms with E-state index in [0.717, 1.165) is 18.4 Å². The Hall–Kier alpha value is -3.55. The smallest absolute Gasteiger partial charge is 0.265 e. The summed E-state index contributed by atoms with van der Waals surface area (Å²) >= 11 is 0. The predicted octanol–water partition coefficient (Wildman–Crippen LogP) is 1.82. The second-order valence-corrected chi connectivity index (χ2v) is 7.93. The van der Waals surface area contributed by atoms with Gasteiger partial charge in [-0.1, -0.05) is 24.3 Å². The van der Waals surface area contributed by atoms with Crippen molar-refractivity contribution in [3.05, 3.63) is 54.1 Å². The number of para-hydroxylation sites is 2. The van der Waals surface area contributed by atoms with Crippen molar-refractivity contribution in [3.8, 4) is 11.5 Å². The van der Waals surface area contributed by atoms with Gasteiger partial charge < -0.3 is 25.0 Å². The Labute approximate surface area is 186 Å². The van der Waals surface area contributed by atoms with E-state index >= 15 is 0 Å². The summed E-state index contributed by atoms with van der Waals surface area (Å²) in [4.78, 5) is 37.7. The van der Waals surface area contributed by atoms with Crippen LogP contribution in [0.4, 0.5) is 5.69 Å². The zero-order valence-corrected chi connectivity index (χ0v) is 17.8. The third-order valence-electron chi connectivity index (χ3n) is 5.34. The molecule has 0 aromatic heterocycles. The SMILES string of the molecule is O=C(CCN1C(=O)COc2ccccc21)NCCc1ccc(OCC(=O)NC2CC2)cc1. The number of nitrogens with zero attached hydrogens (tertiary/aromatic N) is 1. The summed E-state index contributed by atoms with van der Waals surface area (Å²) in [7, 11) is 0. The molecule has 0 saturated heterocycles. The van der Waals surface area contributed by atoms with E-state index < -0.39 is 0 Å². The average Bonchev–Trinajstić information content (AvgIpc) is 3.62. The van der Waals surface area contributed by atoms with E-state index in [4.69, 9.17) is 9.47 Å². The van der Waals surface area contributed by atoms with E-state index in [1.54, 1.807) is 4.90 Å². The van der Waals surface area contributed by atoms with Gasteiger partial charge in [-0.25, -0.2) is 0 Å². The van der Waals surface area contributed by atoms with Crippen LogP contribution in [-0.2, 0) is 20.8 Å². The highest BCUT2D eigenvalue weighted by molar-refractivity contribution is 5.98. The van der Waals surface area contributed by atoms with Gasteiger partial charge in [-0.3, -0.25) is 14.4 Å². The number of nitrogens with one attached hydrogen (secondary N) is 2. The number of amides is 3. The molecule has 2 aromatic carbocycles. The zero-order valence-electron chi connectivity index (χ0n) is 17.8. The molecular formula is C24H27N3O5. The number of rotatable bonds is 10. The first-order valence-corrected chi connectivity index (χ1v) is 10.9. The van der Waals surface area contributed by atoms with Crippen molar-refractivity contribution < 1.29 is 23.9 Å². The van der Waals surface area contributed by atoms with Gasteiger partial charge in [0.1, 0.15) is 11.5 Å². The Balaban J connectivity index is 1.16. The molecule has 4 rings (SSSR count). The lowest BCUT2D eigenvalue weighted by Crippen LogP contribution is -2.41. The fourth-order valence-electron chi connectivity index (χ4n) is 3.45. The van der Waals surface area contributed by atoms with Crippen molar-refractivity contribution in [1.29, 1.82) is 0 Å². The van der Waals surface area contributed by atoms with Crippen LogP contribution >= 0.6 is 0 Å². The number of ether oxygens (including phenoxy) is 2. The van der Waals surface area contributed by atoms with Crippen LogP contribution in [0.3, 0.4) is 0 Å². The largest absolute Gasteiger partial charge is 0.484 e. The van der Waals surface area contributed by atoms with E-state index in [1.807, 2.05) is 48.5 Å². The summed E-state index contributed by atoms with van der Waals surface area (Å²) in [5.41, 5.74) is 1.75. The molecule has 1 aliphatic heterocycles. The van der Waals surface area contributed by atoms with Crippen molar-refractivity contribution in [2.75, 3.05) is 31.2 Å². The summed E-state index contributed by atoms with van der Waals surface area (Å²) in [6.07, 6.45) is 3.00. The van der Waals surface area contributed by atoms with Gasteiger partial charge in [-0.2, -0.15) is 0 Å². The van der Waals surface area contributed by atoms with E-state index in [1.165, 1.54) is 0 Å². The highest BCUT2D eigenvalue weighted by atomic mass is 16.5. The fourth-order valence-corrected chi connectivity index (χ4v) is 3.45. The molecule has 8 heteroatoms. The summed E-state index contributed by atoms with van der Waals surface area (Å²) in [6, 6.07) is 15.1. The number of carbonyl (C=O) groups is 3. The fraction of sp³-hybridized carbons (Fsp3) is 0.375. The molecule has 32 heavy (non-hydrogen) atoms. The van der Waals surface area contributed by atoms with Crippen molar-refractivity contribution in [2.45, 2.75) is 31.7 Å². The van der Waals surface area contributed by atoms with E-state index in [-0.39, 0.29) is 37.4 Å². The maximum atomic E-state index is 12.2. The lowest BCUT2D eigenvalue weighted by Gasteiger charge is -2.29. The van der Waals surface area contributed by atoms with Crippen LogP contribution in [0.5, 0.6) is 11.5 Å². The first kappa shape index (κ1) is 21.7. The van der Waals surface area contributed by atoms with Gasteiger partial charge in [0.15, 0.2) is 13.2 Å². The molecule has 0 radical (unpaired) electrons. The molecule has 1 aliphatic carbocycles. The number of anilines is 1. The normalized spacial score (nSPS) is 14.9. The molecule has 1 saturated carbocycles. The summed E-state index contributed by atoms with van der Waals surface area (Å²) in [5.74, 6) is 0.941. The third-order valence-corrected chi connectivity index (χ3v) is 5.34. The lowest BCUT2D eigenvalue weighted by molar-refractivity contribution is -0.123. The van der Waals surface area contributed by atoms with Crippen LogP contribution in [0.15, 0.2) is 48.5 Å². The molecular weight excluding hydrogens is 410 g/mol. The molecule has 1 heterocycles. The lowest BCUT2D eigenvalue weighted by atomic mass is 10.1. The maximum Gasteiger partial charge on any atom is 0.265 e. The van der Waals surface area contributed by atoms with E-state index in [9.17, 15) is 14.4 Å². The number of carbonyl (C=O) groups excluding carboxylic acids is 3. The monoisotopic (exact) mass is 437 g/mol. The van der Waals surface area contributed by atoms with E-state index in [0.29, 0.717) is 42.7 Å². The highest BCUT2D eigenvalue weighted by Gasteiger charge is 2.25. The van der Waals surface area contributed by atoms with E-state index in [2.05, 4.69) is 10.6 Å². The molecule has 2 N–H and O–H groups in total. The highest BCUT2D eigenvalue weighted by Crippen LogP contribution is 2.31. The predicted molar refractivity (Wildman–Crippen MR) is 119 cm³/mol. The zero-order chi connectivity index (χ0) is 22.3. The third kappa shape index (κ3) is 6.00. The van der Waals surface area contributed by atoms with Crippen LogP contribution in [0.2, 0.25) is 0 Å². The summed E-state index contributed by atoms with van der Waals surface area (Å²) in [5, 5.41) is 5.78. The first-order valence-electron chi connectivity index (χ1n) is 10.9. The van der Waals surface area contributed by atoms with Crippen LogP contribution < -0.4 is 25.0 Å². The molecule has 0 atom stereocenters. The van der Waals surface area contributed by atoms with Crippen LogP contribution in [0.1, 0.15) is 24.8 Å². The van der Waals surface area contributed by atoms with Gasteiger partial charge in [-0.15, -0.1) is 0 Å². The summed E-state index contributed by atoms with van der Waals surface area (Å²) < 4.78 is 10.9. The second-order valence-electron chi connectivity index (χ2n) is 7.93.